The number of rotatable bonds is 3. The molecule has 0 spiro atoms. The highest BCUT2D eigenvalue weighted by atomic mass is 79.9. The van der Waals surface area contributed by atoms with E-state index in [1.54, 1.807) is 6.07 Å². The molecular formula is C17H15BrFN3O3. The van der Waals surface area contributed by atoms with Crippen molar-refractivity contribution in [1.82, 2.24) is 9.13 Å². The normalized spacial score (nSPS) is 14.7. The molecule has 3 rings (SSSR count). The van der Waals surface area contributed by atoms with Gasteiger partial charge in [-0.3, -0.25) is 18.7 Å². The van der Waals surface area contributed by atoms with Crippen LogP contribution in [0.2, 0.25) is 0 Å². The molecule has 0 bridgehead atoms. The summed E-state index contributed by atoms with van der Waals surface area (Å²) in [6, 6.07) is 4.45. The average Bonchev–Trinajstić information content (AvgIpc) is 2.89. The van der Waals surface area contributed by atoms with Crippen LogP contribution in [0.4, 0.5) is 10.2 Å². The maximum absolute atomic E-state index is 14.0. The SMILES string of the molecule is CCCn1c2c(c(=O)n(C)c1=O)C(=O)C(=Cc1ccc(Br)cc1F)N2. The van der Waals surface area contributed by atoms with Crippen molar-refractivity contribution >= 4 is 33.6 Å². The van der Waals surface area contributed by atoms with E-state index in [-0.39, 0.29) is 22.6 Å². The molecule has 0 atom stereocenters. The van der Waals surface area contributed by atoms with Gasteiger partial charge in [0.25, 0.3) is 5.56 Å². The zero-order valence-corrected chi connectivity index (χ0v) is 15.2. The van der Waals surface area contributed by atoms with Crippen LogP contribution in [0.3, 0.4) is 0 Å². The highest BCUT2D eigenvalue weighted by molar-refractivity contribution is 9.10. The van der Waals surface area contributed by atoms with Crippen molar-refractivity contribution in [3.8, 4) is 0 Å². The summed E-state index contributed by atoms with van der Waals surface area (Å²) in [6.07, 6.45) is 1.99. The minimum Gasteiger partial charge on any atom is -0.338 e. The summed E-state index contributed by atoms with van der Waals surface area (Å²) >= 11 is 3.17. The molecule has 1 aromatic carbocycles. The van der Waals surface area contributed by atoms with Gasteiger partial charge in [0.2, 0.25) is 5.78 Å². The second-order valence-electron chi connectivity index (χ2n) is 5.70. The molecule has 1 aliphatic rings. The van der Waals surface area contributed by atoms with E-state index in [1.807, 2.05) is 6.92 Å². The number of nitrogens with one attached hydrogen (secondary N) is 1. The predicted molar refractivity (Wildman–Crippen MR) is 96.3 cm³/mol. The lowest BCUT2D eigenvalue weighted by molar-refractivity contribution is 0.104. The Balaban J connectivity index is 2.17. The largest absolute Gasteiger partial charge is 0.338 e. The first kappa shape index (κ1) is 17.3. The third-order valence-corrected chi connectivity index (χ3v) is 4.47. The fourth-order valence-corrected chi connectivity index (χ4v) is 3.06. The number of benzene rings is 1. The lowest BCUT2D eigenvalue weighted by atomic mass is 10.1. The maximum Gasteiger partial charge on any atom is 0.332 e. The smallest absolute Gasteiger partial charge is 0.332 e. The van der Waals surface area contributed by atoms with E-state index in [9.17, 15) is 18.8 Å². The predicted octanol–water partition coefficient (Wildman–Crippen LogP) is 2.51. The van der Waals surface area contributed by atoms with Crippen LogP contribution in [0.25, 0.3) is 6.08 Å². The molecule has 0 amide bonds. The summed E-state index contributed by atoms with van der Waals surface area (Å²) in [5.74, 6) is -0.891. The van der Waals surface area contributed by atoms with Crippen LogP contribution in [-0.2, 0) is 13.6 Å². The molecule has 0 radical (unpaired) electrons. The molecule has 1 N–H and O–H groups in total. The first-order chi connectivity index (χ1) is 11.8. The molecule has 0 unspecified atom stereocenters. The molecule has 2 aromatic rings. The van der Waals surface area contributed by atoms with Crippen LogP contribution in [-0.4, -0.2) is 14.9 Å². The van der Waals surface area contributed by atoms with Gasteiger partial charge in [-0.05, 0) is 24.6 Å². The molecular weight excluding hydrogens is 393 g/mol. The van der Waals surface area contributed by atoms with Gasteiger partial charge in [-0.2, -0.15) is 0 Å². The van der Waals surface area contributed by atoms with Gasteiger partial charge in [-0.1, -0.05) is 28.9 Å². The van der Waals surface area contributed by atoms with Gasteiger partial charge in [0, 0.05) is 23.6 Å². The Hall–Kier alpha value is -2.48. The number of carbonyl (C=O) groups excluding carboxylic acids is 1. The highest BCUT2D eigenvalue weighted by Gasteiger charge is 2.32. The lowest BCUT2D eigenvalue weighted by Gasteiger charge is -2.11. The molecule has 25 heavy (non-hydrogen) atoms. The van der Waals surface area contributed by atoms with Crippen molar-refractivity contribution in [2.75, 3.05) is 5.32 Å². The summed E-state index contributed by atoms with van der Waals surface area (Å²) in [5, 5.41) is 2.82. The van der Waals surface area contributed by atoms with Crippen molar-refractivity contribution < 1.29 is 9.18 Å². The highest BCUT2D eigenvalue weighted by Crippen LogP contribution is 2.27. The van der Waals surface area contributed by atoms with Gasteiger partial charge in [-0.15, -0.1) is 0 Å². The second-order valence-corrected chi connectivity index (χ2v) is 6.62. The van der Waals surface area contributed by atoms with Crippen LogP contribution in [0.1, 0.15) is 29.3 Å². The molecule has 0 aliphatic carbocycles. The van der Waals surface area contributed by atoms with Crippen LogP contribution in [0.15, 0.2) is 38.0 Å². The number of fused-ring (bicyclic) bond motifs is 1. The van der Waals surface area contributed by atoms with E-state index in [0.29, 0.717) is 17.4 Å². The molecule has 0 saturated heterocycles. The number of hydrogen-bond acceptors (Lipinski definition) is 4. The van der Waals surface area contributed by atoms with E-state index >= 15 is 0 Å². The monoisotopic (exact) mass is 407 g/mol. The summed E-state index contributed by atoms with van der Waals surface area (Å²) in [5.41, 5.74) is -0.998. The minimum atomic E-state index is -0.662. The summed E-state index contributed by atoms with van der Waals surface area (Å²) in [4.78, 5) is 37.3. The molecule has 8 heteroatoms. The van der Waals surface area contributed by atoms with Crippen LogP contribution in [0, 0.1) is 5.82 Å². The van der Waals surface area contributed by atoms with Gasteiger partial charge >= 0.3 is 5.69 Å². The second kappa shape index (κ2) is 6.44. The Kier molecular flexibility index (Phi) is 4.47. The van der Waals surface area contributed by atoms with Crippen LogP contribution >= 0.6 is 15.9 Å². The molecule has 6 nitrogen and oxygen atoms in total. The number of allylic oxidation sites excluding steroid dienone is 1. The van der Waals surface area contributed by atoms with Crippen LogP contribution in [0.5, 0.6) is 0 Å². The third kappa shape index (κ3) is 2.86. The fourth-order valence-electron chi connectivity index (χ4n) is 2.73. The third-order valence-electron chi connectivity index (χ3n) is 3.98. The number of ketones is 1. The number of halogens is 2. The van der Waals surface area contributed by atoms with Gasteiger partial charge in [0.1, 0.15) is 17.2 Å². The van der Waals surface area contributed by atoms with E-state index < -0.39 is 22.8 Å². The zero-order chi connectivity index (χ0) is 18.3. The van der Waals surface area contributed by atoms with Crippen LogP contribution < -0.4 is 16.6 Å². The van der Waals surface area contributed by atoms with Gasteiger partial charge in [-0.25, -0.2) is 9.18 Å². The van der Waals surface area contributed by atoms with E-state index in [1.165, 1.54) is 29.8 Å². The van der Waals surface area contributed by atoms with E-state index in [0.717, 1.165) is 4.57 Å². The topological polar surface area (TPSA) is 73.1 Å². The number of Topliss-reactive ketones (excluding diaryl/α,β-unsaturated/α-hetero) is 1. The molecule has 130 valence electrons. The fraction of sp³-hybridized carbons (Fsp3) is 0.235. The Morgan fingerprint density at radius 1 is 1.28 bits per heavy atom. The van der Waals surface area contributed by atoms with E-state index in [4.69, 9.17) is 0 Å². The molecule has 0 fully saturated rings. The van der Waals surface area contributed by atoms with Gasteiger partial charge < -0.3 is 5.32 Å². The Morgan fingerprint density at radius 2 is 2.00 bits per heavy atom. The van der Waals surface area contributed by atoms with Crippen molar-refractivity contribution in [3.63, 3.8) is 0 Å². The van der Waals surface area contributed by atoms with Gasteiger partial charge in [0.05, 0.1) is 5.70 Å². The van der Waals surface area contributed by atoms with Crippen molar-refractivity contribution in [2.45, 2.75) is 19.9 Å². The summed E-state index contributed by atoms with van der Waals surface area (Å²) in [6.45, 7) is 2.24. The minimum absolute atomic E-state index is 0.0591. The van der Waals surface area contributed by atoms with Crippen molar-refractivity contribution in [3.05, 3.63) is 66.2 Å². The van der Waals surface area contributed by atoms with Crippen molar-refractivity contribution in [2.24, 2.45) is 7.05 Å². The standard InChI is InChI=1S/C17H15BrFN3O3/c1-3-6-22-15-13(16(24)21(2)17(22)25)14(23)12(20-15)7-9-4-5-10(18)8-11(9)19/h4-5,7-8,20H,3,6H2,1-2H3. The maximum atomic E-state index is 14.0. The number of carbonyl (C=O) groups is 1. The Bertz CT molecular complexity index is 1040. The zero-order valence-electron chi connectivity index (χ0n) is 13.6. The Morgan fingerprint density at radius 3 is 2.64 bits per heavy atom. The van der Waals surface area contributed by atoms with Crippen molar-refractivity contribution in [1.29, 1.82) is 0 Å². The van der Waals surface area contributed by atoms with Gasteiger partial charge in [0.15, 0.2) is 0 Å². The number of hydrogen-bond donors (Lipinski definition) is 1. The first-order valence-corrected chi connectivity index (χ1v) is 8.46. The molecule has 0 saturated carbocycles. The number of aromatic nitrogens is 2. The van der Waals surface area contributed by atoms with E-state index in [2.05, 4.69) is 21.2 Å². The quantitative estimate of drug-likeness (QED) is 0.793. The number of nitrogens with zero attached hydrogens (tertiary/aromatic N) is 2. The number of anilines is 1. The summed E-state index contributed by atoms with van der Waals surface area (Å²) < 4.78 is 16.9. The Labute approximate surface area is 150 Å². The summed E-state index contributed by atoms with van der Waals surface area (Å²) in [7, 11) is 1.33. The average molecular weight is 408 g/mol. The molecule has 1 aliphatic heterocycles. The molecule has 1 aromatic heterocycles. The lowest BCUT2D eigenvalue weighted by Crippen LogP contribution is -2.40. The molecule has 2 heterocycles. The first-order valence-electron chi connectivity index (χ1n) is 7.67.